The summed E-state index contributed by atoms with van der Waals surface area (Å²) in [5.41, 5.74) is 8.46. The van der Waals surface area contributed by atoms with Gasteiger partial charge in [0.05, 0.1) is 12.5 Å². The minimum absolute atomic E-state index is 0.353. The predicted molar refractivity (Wildman–Crippen MR) is 142 cm³/mol. The summed E-state index contributed by atoms with van der Waals surface area (Å²) in [6.07, 6.45) is -0.878. The van der Waals surface area contributed by atoms with E-state index in [0.29, 0.717) is 18.4 Å². The molecule has 3 aromatic carbocycles. The Kier molecular flexibility index (Phi) is 10.4. The average molecular weight is 521 g/mol. The maximum absolute atomic E-state index is 13.5. The molecular formula is C27H28N4O5S. The molecule has 0 fully saturated rings. The Morgan fingerprint density at radius 2 is 1.57 bits per heavy atom. The molecule has 0 spiro atoms. The maximum Gasteiger partial charge on any atom is 0.305 e. The number of nitrogens with two attached hydrogens (primary N) is 1. The van der Waals surface area contributed by atoms with Crippen LogP contribution in [-0.4, -0.2) is 47.9 Å². The molecule has 2 atom stereocenters. The molecule has 37 heavy (non-hydrogen) atoms. The zero-order valence-electron chi connectivity index (χ0n) is 19.9. The third-order valence-electron chi connectivity index (χ3n) is 5.31. The number of carbonyl (C=O) groups excluding carboxylic acids is 3. The van der Waals surface area contributed by atoms with Gasteiger partial charge in [-0.2, -0.15) is 0 Å². The fraction of sp³-hybridized carbons (Fsp3) is 0.185. The van der Waals surface area contributed by atoms with E-state index >= 15 is 0 Å². The fourth-order valence-electron chi connectivity index (χ4n) is 3.58. The number of carbonyl (C=O) groups is 4. The second-order valence-corrected chi connectivity index (χ2v) is 9.05. The van der Waals surface area contributed by atoms with Crippen molar-refractivity contribution in [1.29, 1.82) is 0 Å². The lowest BCUT2D eigenvalue weighted by Crippen LogP contribution is -2.53. The number of amides is 2. The van der Waals surface area contributed by atoms with Gasteiger partial charge in [-0.1, -0.05) is 66.7 Å². The molecule has 0 heterocycles. The number of para-hydroxylation sites is 1. The van der Waals surface area contributed by atoms with Crippen molar-refractivity contribution in [3.63, 3.8) is 0 Å². The van der Waals surface area contributed by atoms with Crippen LogP contribution in [0, 0.1) is 0 Å². The lowest BCUT2D eigenvalue weighted by molar-refractivity contribution is -0.138. The van der Waals surface area contributed by atoms with Crippen LogP contribution in [0.3, 0.4) is 0 Å². The zero-order chi connectivity index (χ0) is 26.6. The van der Waals surface area contributed by atoms with Gasteiger partial charge in [0.2, 0.25) is 5.91 Å². The molecule has 0 aliphatic heterocycles. The van der Waals surface area contributed by atoms with Crippen LogP contribution in [0.2, 0.25) is 0 Å². The van der Waals surface area contributed by atoms with Crippen molar-refractivity contribution >= 4 is 41.7 Å². The van der Waals surface area contributed by atoms with E-state index in [0.717, 1.165) is 16.0 Å². The van der Waals surface area contributed by atoms with Gasteiger partial charge >= 0.3 is 5.97 Å². The number of hydrogen-bond donors (Lipinski definition) is 4. The molecule has 192 valence electrons. The first-order valence-corrected chi connectivity index (χ1v) is 12.3. The monoisotopic (exact) mass is 520 g/mol. The van der Waals surface area contributed by atoms with Crippen molar-refractivity contribution < 1.29 is 24.3 Å². The maximum atomic E-state index is 13.5. The first-order chi connectivity index (χ1) is 17.9. The smallest absolute Gasteiger partial charge is 0.305 e. The molecule has 0 saturated carbocycles. The molecule has 0 bridgehead atoms. The van der Waals surface area contributed by atoms with Crippen LogP contribution in [0.4, 0.5) is 5.69 Å². The number of rotatable bonds is 13. The summed E-state index contributed by atoms with van der Waals surface area (Å²) in [6, 6.07) is 24.9. The van der Waals surface area contributed by atoms with Crippen molar-refractivity contribution in [2.24, 2.45) is 5.73 Å². The van der Waals surface area contributed by atoms with Gasteiger partial charge in [0.15, 0.2) is 0 Å². The number of carboxylic acids is 1. The molecular weight excluding hydrogens is 492 g/mol. The van der Waals surface area contributed by atoms with Gasteiger partial charge in [-0.05, 0) is 47.7 Å². The van der Waals surface area contributed by atoms with E-state index in [1.54, 1.807) is 12.1 Å². The SMILES string of the molecule is NC(NSc1ccccc1)C(=O)N(CC(=O)NC(C=O)CC(=O)O)c1ccccc1Cc1ccccc1. The van der Waals surface area contributed by atoms with Gasteiger partial charge in [-0.15, -0.1) is 0 Å². The van der Waals surface area contributed by atoms with E-state index in [9.17, 15) is 19.2 Å². The Balaban J connectivity index is 1.85. The zero-order valence-corrected chi connectivity index (χ0v) is 20.8. The van der Waals surface area contributed by atoms with Gasteiger partial charge in [0.25, 0.3) is 5.91 Å². The number of anilines is 1. The van der Waals surface area contributed by atoms with Gasteiger partial charge in [-0.25, -0.2) is 4.72 Å². The summed E-state index contributed by atoms with van der Waals surface area (Å²) in [6.45, 7) is -0.458. The van der Waals surface area contributed by atoms with Crippen LogP contribution < -0.4 is 20.7 Å². The van der Waals surface area contributed by atoms with Crippen LogP contribution in [0.25, 0.3) is 0 Å². The van der Waals surface area contributed by atoms with E-state index in [2.05, 4.69) is 10.0 Å². The van der Waals surface area contributed by atoms with Gasteiger partial charge in [0, 0.05) is 10.6 Å². The average Bonchev–Trinajstić information content (AvgIpc) is 2.91. The first-order valence-electron chi connectivity index (χ1n) is 11.5. The van der Waals surface area contributed by atoms with Crippen LogP contribution in [-0.2, 0) is 25.6 Å². The minimum atomic E-state index is -1.23. The fourth-order valence-corrected chi connectivity index (χ4v) is 4.23. The standard InChI is InChI=1S/C27H28N4O5S/c28-26(30-37-22-12-5-2-6-13-22)27(36)31(17-24(33)29-21(18-32)16-25(34)35)23-14-8-7-11-20(23)15-19-9-3-1-4-10-19/h1-14,18,21,26,30H,15-17,28H2,(H,29,33)(H,34,35). The topological polar surface area (TPSA) is 142 Å². The molecule has 0 aliphatic rings. The molecule has 3 rings (SSSR count). The lowest BCUT2D eigenvalue weighted by atomic mass is 10.0. The molecule has 0 aliphatic carbocycles. The van der Waals surface area contributed by atoms with Gasteiger partial charge < -0.3 is 25.9 Å². The van der Waals surface area contributed by atoms with E-state index in [1.165, 1.54) is 16.8 Å². The third kappa shape index (κ3) is 8.57. The highest BCUT2D eigenvalue weighted by Gasteiger charge is 2.27. The van der Waals surface area contributed by atoms with Gasteiger partial charge in [0.1, 0.15) is 19.0 Å². The first kappa shape index (κ1) is 27.6. The normalized spacial score (nSPS) is 12.2. The number of nitrogens with zero attached hydrogens (tertiary/aromatic N) is 1. The van der Waals surface area contributed by atoms with Crippen molar-refractivity contribution in [1.82, 2.24) is 10.0 Å². The molecule has 9 nitrogen and oxygen atoms in total. The quantitative estimate of drug-likeness (QED) is 0.153. The lowest BCUT2D eigenvalue weighted by Gasteiger charge is -2.28. The van der Waals surface area contributed by atoms with E-state index in [4.69, 9.17) is 10.8 Å². The summed E-state index contributed by atoms with van der Waals surface area (Å²) in [5.74, 6) is -2.49. The van der Waals surface area contributed by atoms with E-state index in [-0.39, 0.29) is 0 Å². The van der Waals surface area contributed by atoms with Crippen LogP contribution >= 0.6 is 11.9 Å². The second kappa shape index (κ2) is 13.9. The van der Waals surface area contributed by atoms with E-state index in [1.807, 2.05) is 72.8 Å². The number of aldehydes is 1. The molecule has 0 radical (unpaired) electrons. The Morgan fingerprint density at radius 1 is 0.946 bits per heavy atom. The molecule has 2 amide bonds. The van der Waals surface area contributed by atoms with Crippen molar-refractivity contribution in [3.05, 3.63) is 96.1 Å². The summed E-state index contributed by atoms with van der Waals surface area (Å²) < 4.78 is 2.91. The van der Waals surface area contributed by atoms with Crippen LogP contribution in [0.5, 0.6) is 0 Å². The summed E-state index contributed by atoms with van der Waals surface area (Å²) in [4.78, 5) is 50.7. The molecule has 0 aromatic heterocycles. The highest BCUT2D eigenvalue weighted by atomic mass is 32.2. The summed E-state index contributed by atoms with van der Waals surface area (Å²) in [5, 5.41) is 11.3. The third-order valence-corrected chi connectivity index (χ3v) is 6.19. The van der Waals surface area contributed by atoms with Crippen molar-refractivity contribution in [2.45, 2.75) is 29.9 Å². The van der Waals surface area contributed by atoms with Crippen molar-refractivity contribution in [2.75, 3.05) is 11.4 Å². The predicted octanol–water partition coefficient (Wildman–Crippen LogP) is 2.35. The Morgan fingerprint density at radius 3 is 2.22 bits per heavy atom. The minimum Gasteiger partial charge on any atom is -0.481 e. The molecule has 3 aromatic rings. The number of benzene rings is 3. The summed E-state index contributed by atoms with van der Waals surface area (Å²) >= 11 is 1.18. The number of aliphatic carboxylic acids is 1. The summed E-state index contributed by atoms with van der Waals surface area (Å²) in [7, 11) is 0. The highest BCUT2D eigenvalue weighted by Crippen LogP contribution is 2.24. The molecule has 10 heteroatoms. The highest BCUT2D eigenvalue weighted by molar-refractivity contribution is 7.97. The largest absolute Gasteiger partial charge is 0.481 e. The van der Waals surface area contributed by atoms with E-state index < -0.39 is 43.0 Å². The number of carboxylic acid groups (broad SMARTS) is 1. The van der Waals surface area contributed by atoms with Crippen LogP contribution in [0.1, 0.15) is 17.5 Å². The number of hydrogen-bond acceptors (Lipinski definition) is 7. The van der Waals surface area contributed by atoms with Gasteiger partial charge in [-0.3, -0.25) is 14.4 Å². The Hall–Kier alpha value is -3.99. The Bertz CT molecular complexity index is 1210. The molecule has 2 unspecified atom stereocenters. The second-order valence-electron chi connectivity index (χ2n) is 8.13. The molecule has 0 saturated heterocycles. The molecule has 5 N–H and O–H groups in total. The Labute approximate surface area is 219 Å². The van der Waals surface area contributed by atoms with Crippen LogP contribution in [0.15, 0.2) is 89.8 Å². The van der Waals surface area contributed by atoms with Crippen molar-refractivity contribution in [3.8, 4) is 0 Å². The number of nitrogens with one attached hydrogen (secondary N) is 2.